The summed E-state index contributed by atoms with van der Waals surface area (Å²) in [5.74, 6) is -0.115. The first kappa shape index (κ1) is 13.8. The smallest absolute Gasteiger partial charge is 0.272 e. The van der Waals surface area contributed by atoms with E-state index in [9.17, 15) is 4.79 Å². The number of rotatable bonds is 3. The first-order valence-corrected chi connectivity index (χ1v) is 7.26. The fraction of sp³-hybridized carbons (Fsp3) is 0.375. The van der Waals surface area contributed by atoms with E-state index in [-0.39, 0.29) is 5.91 Å². The molecule has 1 aliphatic heterocycles. The zero-order valence-corrected chi connectivity index (χ0v) is 12.4. The van der Waals surface area contributed by atoms with Gasteiger partial charge in [-0.2, -0.15) is 5.10 Å². The van der Waals surface area contributed by atoms with E-state index in [1.165, 1.54) is 11.1 Å². The Bertz CT molecular complexity index is 675. The molecule has 0 spiro atoms. The van der Waals surface area contributed by atoms with Gasteiger partial charge >= 0.3 is 0 Å². The highest BCUT2D eigenvalue weighted by Gasteiger charge is 2.21. The van der Waals surface area contributed by atoms with Gasteiger partial charge in [0.05, 0.1) is 0 Å². The molecule has 5 heteroatoms. The molecule has 0 bridgehead atoms. The molecule has 1 aromatic carbocycles. The van der Waals surface area contributed by atoms with Gasteiger partial charge in [0.2, 0.25) is 0 Å². The summed E-state index contributed by atoms with van der Waals surface area (Å²) in [6.45, 7) is 6.30. The van der Waals surface area contributed by atoms with Gasteiger partial charge in [-0.05, 0) is 25.0 Å². The summed E-state index contributed by atoms with van der Waals surface area (Å²) in [6, 6.07) is 6.25. The molecular formula is C16H20N4O. The van der Waals surface area contributed by atoms with Crippen LogP contribution in [0.2, 0.25) is 0 Å². The number of fused-ring (bicyclic) bond motifs is 1. The van der Waals surface area contributed by atoms with E-state index in [1.807, 2.05) is 0 Å². The number of benzene rings is 1. The fourth-order valence-electron chi connectivity index (χ4n) is 2.72. The van der Waals surface area contributed by atoms with Crippen LogP contribution >= 0.6 is 0 Å². The van der Waals surface area contributed by atoms with E-state index >= 15 is 0 Å². The standard InChI is InChI=1S/C16H20N4O/c1-10-3-4-12(11(2)7-10)8-18-16(21)15-13-9-17-6-5-14(13)19-20-15/h3-4,7,17H,5-6,8-9H2,1-2H3,(H,18,21)(H,19,20). The minimum absolute atomic E-state index is 0.115. The minimum Gasteiger partial charge on any atom is -0.347 e. The number of aromatic amines is 1. The molecule has 0 saturated carbocycles. The van der Waals surface area contributed by atoms with Crippen LogP contribution in [0.4, 0.5) is 0 Å². The third-order valence-corrected chi connectivity index (χ3v) is 3.96. The number of H-pyrrole nitrogens is 1. The molecule has 0 aliphatic carbocycles. The number of carbonyl (C=O) groups excluding carboxylic acids is 1. The van der Waals surface area contributed by atoms with Crippen LogP contribution in [0.15, 0.2) is 18.2 Å². The number of amides is 1. The Morgan fingerprint density at radius 1 is 1.38 bits per heavy atom. The summed E-state index contributed by atoms with van der Waals surface area (Å²) in [4.78, 5) is 12.3. The number of hydrogen-bond donors (Lipinski definition) is 3. The van der Waals surface area contributed by atoms with Gasteiger partial charge in [0.15, 0.2) is 5.69 Å². The van der Waals surface area contributed by atoms with Gasteiger partial charge < -0.3 is 10.6 Å². The summed E-state index contributed by atoms with van der Waals surface area (Å²) in [6.07, 6.45) is 0.896. The molecule has 3 N–H and O–H groups in total. The SMILES string of the molecule is Cc1ccc(CNC(=O)c2n[nH]c3c2CNCC3)c(C)c1. The maximum absolute atomic E-state index is 12.3. The average molecular weight is 284 g/mol. The molecule has 0 radical (unpaired) electrons. The van der Waals surface area contributed by atoms with Gasteiger partial charge in [-0.25, -0.2) is 0 Å². The number of nitrogens with zero attached hydrogens (tertiary/aromatic N) is 1. The van der Waals surface area contributed by atoms with E-state index in [0.717, 1.165) is 29.8 Å². The maximum atomic E-state index is 12.3. The molecule has 1 aliphatic rings. The number of carbonyl (C=O) groups is 1. The highest BCUT2D eigenvalue weighted by atomic mass is 16.1. The zero-order chi connectivity index (χ0) is 14.8. The molecule has 0 fully saturated rings. The van der Waals surface area contributed by atoms with Crippen molar-refractivity contribution in [1.82, 2.24) is 20.8 Å². The fourth-order valence-corrected chi connectivity index (χ4v) is 2.72. The second-order valence-corrected chi connectivity index (χ2v) is 5.57. The molecule has 5 nitrogen and oxygen atoms in total. The number of hydrogen-bond acceptors (Lipinski definition) is 3. The Morgan fingerprint density at radius 2 is 2.24 bits per heavy atom. The van der Waals surface area contributed by atoms with E-state index in [0.29, 0.717) is 18.8 Å². The predicted octanol–water partition coefficient (Wildman–Crippen LogP) is 1.60. The summed E-state index contributed by atoms with van der Waals surface area (Å²) < 4.78 is 0. The Morgan fingerprint density at radius 3 is 3.05 bits per heavy atom. The summed E-state index contributed by atoms with van der Waals surface area (Å²) in [5, 5.41) is 13.4. The Hall–Kier alpha value is -2.14. The van der Waals surface area contributed by atoms with Crippen LogP contribution in [0.5, 0.6) is 0 Å². The van der Waals surface area contributed by atoms with E-state index in [4.69, 9.17) is 0 Å². The highest BCUT2D eigenvalue weighted by Crippen LogP contribution is 2.15. The van der Waals surface area contributed by atoms with Crippen LogP contribution in [0, 0.1) is 13.8 Å². The molecule has 2 aromatic rings. The summed E-state index contributed by atoms with van der Waals surface area (Å²) >= 11 is 0. The lowest BCUT2D eigenvalue weighted by molar-refractivity contribution is 0.0944. The molecule has 2 heterocycles. The van der Waals surface area contributed by atoms with Gasteiger partial charge in [-0.15, -0.1) is 0 Å². The Labute approximate surface area is 124 Å². The normalized spacial score (nSPS) is 13.8. The maximum Gasteiger partial charge on any atom is 0.272 e. The molecular weight excluding hydrogens is 264 g/mol. The molecule has 21 heavy (non-hydrogen) atoms. The van der Waals surface area contributed by atoms with Gasteiger partial charge in [0.25, 0.3) is 5.91 Å². The van der Waals surface area contributed by atoms with Gasteiger partial charge in [0.1, 0.15) is 0 Å². The molecule has 0 atom stereocenters. The van der Waals surface area contributed by atoms with Gasteiger partial charge in [0, 0.05) is 37.3 Å². The van der Waals surface area contributed by atoms with Crippen molar-refractivity contribution in [3.8, 4) is 0 Å². The van der Waals surface area contributed by atoms with E-state index < -0.39 is 0 Å². The van der Waals surface area contributed by atoms with Crippen molar-refractivity contribution in [3.05, 3.63) is 51.8 Å². The van der Waals surface area contributed by atoms with Crippen molar-refractivity contribution in [2.75, 3.05) is 6.54 Å². The van der Waals surface area contributed by atoms with Crippen LogP contribution in [-0.2, 0) is 19.5 Å². The second kappa shape index (κ2) is 5.69. The number of aromatic nitrogens is 2. The summed E-state index contributed by atoms with van der Waals surface area (Å²) in [5.41, 5.74) is 6.15. The number of nitrogens with one attached hydrogen (secondary N) is 3. The first-order valence-electron chi connectivity index (χ1n) is 7.26. The van der Waals surface area contributed by atoms with Crippen LogP contribution in [0.25, 0.3) is 0 Å². The lowest BCUT2D eigenvalue weighted by Gasteiger charge is -2.13. The van der Waals surface area contributed by atoms with Crippen molar-refractivity contribution in [3.63, 3.8) is 0 Å². The molecule has 0 saturated heterocycles. The summed E-state index contributed by atoms with van der Waals surface area (Å²) in [7, 11) is 0. The molecule has 1 aromatic heterocycles. The zero-order valence-electron chi connectivity index (χ0n) is 12.4. The van der Waals surface area contributed by atoms with Crippen molar-refractivity contribution >= 4 is 5.91 Å². The predicted molar refractivity (Wildman–Crippen MR) is 81.1 cm³/mol. The minimum atomic E-state index is -0.115. The molecule has 0 unspecified atom stereocenters. The Balaban J connectivity index is 1.71. The van der Waals surface area contributed by atoms with Crippen molar-refractivity contribution in [1.29, 1.82) is 0 Å². The van der Waals surface area contributed by atoms with Crippen molar-refractivity contribution < 1.29 is 4.79 Å². The number of aryl methyl sites for hydroxylation is 2. The van der Waals surface area contributed by atoms with E-state index in [1.54, 1.807) is 0 Å². The Kier molecular flexibility index (Phi) is 3.75. The molecule has 3 rings (SSSR count). The third-order valence-electron chi connectivity index (χ3n) is 3.96. The van der Waals surface area contributed by atoms with Crippen molar-refractivity contribution in [2.45, 2.75) is 33.4 Å². The lowest BCUT2D eigenvalue weighted by atomic mass is 10.1. The third kappa shape index (κ3) is 2.83. The van der Waals surface area contributed by atoms with E-state index in [2.05, 4.69) is 52.9 Å². The highest BCUT2D eigenvalue weighted by molar-refractivity contribution is 5.94. The van der Waals surface area contributed by atoms with Gasteiger partial charge in [-0.1, -0.05) is 23.8 Å². The van der Waals surface area contributed by atoms with Crippen molar-refractivity contribution in [2.24, 2.45) is 0 Å². The quantitative estimate of drug-likeness (QED) is 0.802. The van der Waals surface area contributed by atoms with Crippen LogP contribution in [0.3, 0.4) is 0 Å². The van der Waals surface area contributed by atoms with Crippen LogP contribution in [0.1, 0.15) is 38.4 Å². The van der Waals surface area contributed by atoms with Crippen LogP contribution in [-0.4, -0.2) is 22.6 Å². The topological polar surface area (TPSA) is 69.8 Å². The second-order valence-electron chi connectivity index (χ2n) is 5.57. The van der Waals surface area contributed by atoms with Gasteiger partial charge in [-0.3, -0.25) is 9.89 Å². The average Bonchev–Trinajstić information content (AvgIpc) is 2.90. The molecule has 1 amide bonds. The first-order chi connectivity index (χ1) is 10.1. The monoisotopic (exact) mass is 284 g/mol. The van der Waals surface area contributed by atoms with Crippen LogP contribution < -0.4 is 10.6 Å². The molecule has 110 valence electrons. The largest absolute Gasteiger partial charge is 0.347 e. The lowest BCUT2D eigenvalue weighted by Crippen LogP contribution is -2.28.